The molecule has 0 amide bonds. The second-order valence-corrected chi connectivity index (χ2v) is 4.04. The van der Waals surface area contributed by atoms with Crippen LogP contribution in [-0.4, -0.2) is 36.5 Å². The van der Waals surface area contributed by atoms with E-state index in [0.29, 0.717) is 10.3 Å². The molecule has 0 saturated carbocycles. The van der Waals surface area contributed by atoms with Crippen molar-refractivity contribution in [2.75, 3.05) is 19.5 Å². The van der Waals surface area contributed by atoms with Crippen LogP contribution in [0.1, 0.15) is 34.6 Å². The summed E-state index contributed by atoms with van der Waals surface area (Å²) in [5.74, 6) is 0.548. The summed E-state index contributed by atoms with van der Waals surface area (Å²) >= 11 is 3.28. The largest absolute Gasteiger partial charge is 0.363 e. The van der Waals surface area contributed by atoms with E-state index in [1.165, 1.54) is 6.20 Å². The van der Waals surface area contributed by atoms with Crippen molar-refractivity contribution >= 4 is 21.7 Å². The molecule has 1 heterocycles. The molecule has 0 aliphatic heterocycles. The molecule has 0 aliphatic rings. The lowest BCUT2D eigenvalue weighted by atomic mass is 10.3. The fourth-order valence-corrected chi connectivity index (χ4v) is 1.60. The number of aromatic amines is 1. The van der Waals surface area contributed by atoms with Crippen LogP contribution in [0.2, 0.25) is 0 Å². The maximum atomic E-state index is 11.0. The molecule has 0 fully saturated rings. The first-order chi connectivity index (χ1) is 9.58. The van der Waals surface area contributed by atoms with Crippen molar-refractivity contribution in [3.63, 3.8) is 0 Å². The van der Waals surface area contributed by atoms with Crippen molar-refractivity contribution in [2.45, 2.75) is 47.0 Å². The highest BCUT2D eigenvalue weighted by atomic mass is 79.9. The summed E-state index contributed by atoms with van der Waals surface area (Å²) in [4.78, 5) is 17.2. The molecule has 2 N–H and O–H groups in total. The Balaban J connectivity index is 0. The van der Waals surface area contributed by atoms with E-state index in [1.54, 1.807) is 14.2 Å². The standard InChI is InChI=1S/C9H14BrN3O3.2C2H6/c1-5(8(15-2)16-3)12-7-6(10)4-11-9(14)13-7;2*1-2/h4-5,8H,1-3H3,(H2,11,12,13,14);2*1-2H3. The maximum Gasteiger partial charge on any atom is 0.346 e. The van der Waals surface area contributed by atoms with Gasteiger partial charge in [-0.05, 0) is 22.9 Å². The van der Waals surface area contributed by atoms with Gasteiger partial charge in [0.15, 0.2) is 6.29 Å². The maximum absolute atomic E-state index is 11.0. The molecular weight excluding hydrogens is 326 g/mol. The fraction of sp³-hybridized carbons (Fsp3) is 0.692. The Kier molecular flexibility index (Phi) is 14.0. The molecule has 1 aromatic heterocycles. The van der Waals surface area contributed by atoms with Crippen molar-refractivity contribution in [3.8, 4) is 0 Å². The van der Waals surface area contributed by atoms with Crippen LogP contribution in [0.25, 0.3) is 0 Å². The second kappa shape index (κ2) is 13.1. The van der Waals surface area contributed by atoms with Crippen LogP contribution in [0.4, 0.5) is 5.82 Å². The van der Waals surface area contributed by atoms with Crippen LogP contribution >= 0.6 is 15.9 Å². The minimum Gasteiger partial charge on any atom is -0.363 e. The van der Waals surface area contributed by atoms with Crippen molar-refractivity contribution in [2.24, 2.45) is 0 Å². The molecule has 0 spiro atoms. The number of aromatic nitrogens is 2. The summed E-state index contributed by atoms with van der Waals surface area (Å²) in [5.41, 5.74) is -0.413. The SMILES string of the molecule is CC.CC.COC(OC)C(C)Nc1[nH]c(=O)ncc1Br. The summed E-state index contributed by atoms with van der Waals surface area (Å²) in [6.45, 7) is 9.88. The predicted molar refractivity (Wildman–Crippen MR) is 86.1 cm³/mol. The zero-order chi connectivity index (χ0) is 16.1. The van der Waals surface area contributed by atoms with E-state index in [-0.39, 0.29) is 6.04 Å². The van der Waals surface area contributed by atoms with Gasteiger partial charge in [-0.3, -0.25) is 4.98 Å². The lowest BCUT2D eigenvalue weighted by molar-refractivity contribution is -0.109. The zero-order valence-electron chi connectivity index (χ0n) is 13.3. The number of rotatable bonds is 5. The number of anilines is 1. The Hall–Kier alpha value is -0.920. The van der Waals surface area contributed by atoms with Gasteiger partial charge in [0.05, 0.1) is 16.7 Å². The number of hydrogen-bond donors (Lipinski definition) is 2. The quantitative estimate of drug-likeness (QED) is 0.797. The topological polar surface area (TPSA) is 76.2 Å². The van der Waals surface area contributed by atoms with E-state index >= 15 is 0 Å². The minimum atomic E-state index is -0.413. The number of H-pyrrole nitrogens is 1. The van der Waals surface area contributed by atoms with Gasteiger partial charge in [-0.15, -0.1) is 0 Å². The van der Waals surface area contributed by atoms with Crippen molar-refractivity contribution in [1.82, 2.24) is 9.97 Å². The van der Waals surface area contributed by atoms with Crippen molar-refractivity contribution in [1.29, 1.82) is 0 Å². The molecule has 1 rings (SSSR count). The van der Waals surface area contributed by atoms with Crippen LogP contribution in [0, 0.1) is 0 Å². The van der Waals surface area contributed by atoms with E-state index in [0.717, 1.165) is 0 Å². The Morgan fingerprint density at radius 3 is 2.20 bits per heavy atom. The molecule has 118 valence electrons. The summed E-state index contributed by atoms with van der Waals surface area (Å²) in [7, 11) is 3.10. The third-order valence-corrected chi connectivity index (χ3v) is 2.61. The van der Waals surface area contributed by atoms with Crippen molar-refractivity contribution < 1.29 is 9.47 Å². The molecule has 6 nitrogen and oxygen atoms in total. The molecule has 1 unspecified atom stereocenters. The van der Waals surface area contributed by atoms with Gasteiger partial charge in [-0.25, -0.2) is 9.78 Å². The van der Waals surface area contributed by atoms with Gasteiger partial charge in [-0.2, -0.15) is 0 Å². The average Bonchev–Trinajstić information content (AvgIpc) is 2.48. The molecule has 0 saturated heterocycles. The molecule has 0 aliphatic carbocycles. The summed E-state index contributed by atoms with van der Waals surface area (Å²) in [6.07, 6.45) is 1.03. The summed E-state index contributed by atoms with van der Waals surface area (Å²) in [5, 5.41) is 3.06. The smallest absolute Gasteiger partial charge is 0.346 e. The Labute approximate surface area is 129 Å². The highest BCUT2D eigenvalue weighted by Crippen LogP contribution is 2.18. The lowest BCUT2D eigenvalue weighted by Gasteiger charge is -2.23. The number of methoxy groups -OCH3 is 2. The first kappa shape index (κ1) is 21.4. The van der Waals surface area contributed by atoms with Gasteiger partial charge in [0, 0.05) is 14.2 Å². The van der Waals surface area contributed by atoms with Crippen molar-refractivity contribution in [3.05, 3.63) is 21.2 Å². The molecule has 0 aromatic carbocycles. The molecule has 1 aromatic rings. The third kappa shape index (κ3) is 7.62. The highest BCUT2D eigenvalue weighted by Gasteiger charge is 2.16. The van der Waals surface area contributed by atoms with Gasteiger partial charge >= 0.3 is 5.69 Å². The van der Waals surface area contributed by atoms with Gasteiger partial charge in [-0.1, -0.05) is 27.7 Å². The number of ether oxygens (including phenoxy) is 2. The minimum absolute atomic E-state index is 0.121. The van der Waals surface area contributed by atoms with E-state index in [4.69, 9.17) is 9.47 Å². The first-order valence-electron chi connectivity index (χ1n) is 6.65. The summed E-state index contributed by atoms with van der Waals surface area (Å²) in [6, 6.07) is -0.121. The van der Waals surface area contributed by atoms with Crippen LogP contribution < -0.4 is 11.0 Å². The molecule has 7 heteroatoms. The normalized spacial score (nSPS) is 10.8. The Bertz CT molecular complexity index is 395. The van der Waals surface area contributed by atoms with Crippen LogP contribution in [0.15, 0.2) is 15.5 Å². The van der Waals surface area contributed by atoms with Crippen LogP contribution in [-0.2, 0) is 9.47 Å². The fourth-order valence-electron chi connectivity index (χ4n) is 1.28. The average molecular weight is 352 g/mol. The molecule has 1 atom stereocenters. The van der Waals surface area contributed by atoms with Gasteiger partial charge in [0.2, 0.25) is 0 Å². The van der Waals surface area contributed by atoms with E-state index in [2.05, 4.69) is 31.2 Å². The Morgan fingerprint density at radius 1 is 1.25 bits per heavy atom. The number of hydrogen-bond acceptors (Lipinski definition) is 5. The van der Waals surface area contributed by atoms with Gasteiger partial charge in [0.25, 0.3) is 0 Å². The lowest BCUT2D eigenvalue weighted by Crippen LogP contribution is -2.34. The number of halogens is 1. The molecule has 0 bridgehead atoms. The van der Waals surface area contributed by atoms with Gasteiger partial charge in [0.1, 0.15) is 5.82 Å². The van der Waals surface area contributed by atoms with Gasteiger partial charge < -0.3 is 14.8 Å². The van der Waals surface area contributed by atoms with Crippen LogP contribution in [0.5, 0.6) is 0 Å². The zero-order valence-corrected chi connectivity index (χ0v) is 14.9. The highest BCUT2D eigenvalue weighted by molar-refractivity contribution is 9.10. The molecule has 20 heavy (non-hydrogen) atoms. The number of nitrogens with zero attached hydrogens (tertiary/aromatic N) is 1. The Morgan fingerprint density at radius 2 is 1.75 bits per heavy atom. The number of nitrogens with one attached hydrogen (secondary N) is 2. The summed E-state index contributed by atoms with van der Waals surface area (Å²) < 4.78 is 10.9. The molecule has 0 radical (unpaired) electrons. The first-order valence-corrected chi connectivity index (χ1v) is 7.44. The second-order valence-electron chi connectivity index (χ2n) is 3.18. The van der Waals surface area contributed by atoms with Crippen LogP contribution in [0.3, 0.4) is 0 Å². The molecular formula is C13H26BrN3O3. The van der Waals surface area contributed by atoms with E-state index in [1.807, 2.05) is 34.6 Å². The van der Waals surface area contributed by atoms with E-state index in [9.17, 15) is 4.79 Å². The van der Waals surface area contributed by atoms with E-state index < -0.39 is 12.0 Å². The third-order valence-electron chi connectivity index (χ3n) is 2.01. The monoisotopic (exact) mass is 351 g/mol. The predicted octanol–water partition coefficient (Wildman–Crippen LogP) is 3.00.